The Balaban J connectivity index is 1.46. The molecule has 0 aliphatic carbocycles. The Hall–Kier alpha value is -3.81. The molecule has 0 spiro atoms. The van der Waals surface area contributed by atoms with Crippen molar-refractivity contribution < 1.29 is 17.9 Å². The minimum Gasteiger partial charge on any atom is -0.476 e. The van der Waals surface area contributed by atoms with Crippen LogP contribution in [0.25, 0.3) is 11.1 Å². The fourth-order valence-corrected chi connectivity index (χ4v) is 5.58. The van der Waals surface area contributed by atoms with Gasteiger partial charge in [0.2, 0.25) is 0 Å². The number of carbonyl (C=O) groups excluding carboxylic acids is 1. The number of sulfonamides is 1. The van der Waals surface area contributed by atoms with Crippen molar-refractivity contribution in [3.63, 3.8) is 0 Å². The van der Waals surface area contributed by atoms with E-state index in [1.807, 2.05) is 48.5 Å². The van der Waals surface area contributed by atoms with Gasteiger partial charge in [0.05, 0.1) is 17.1 Å². The van der Waals surface area contributed by atoms with Crippen LogP contribution in [-0.4, -0.2) is 27.0 Å². The molecule has 176 valence electrons. The molecule has 1 aliphatic rings. The zero-order chi connectivity index (χ0) is 24.4. The molecule has 1 amide bonds. The third-order valence-corrected chi connectivity index (χ3v) is 7.74. The van der Waals surface area contributed by atoms with Gasteiger partial charge in [0, 0.05) is 16.3 Å². The van der Waals surface area contributed by atoms with E-state index in [1.165, 1.54) is 28.6 Å². The summed E-state index contributed by atoms with van der Waals surface area (Å²) in [4.78, 5) is 13.4. The summed E-state index contributed by atoms with van der Waals surface area (Å²) in [6.45, 7) is -0.179. The maximum Gasteiger partial charge on any atom is 0.267 e. The van der Waals surface area contributed by atoms with Crippen molar-refractivity contribution in [1.82, 2.24) is 0 Å². The molecule has 35 heavy (non-hydrogen) atoms. The zero-order valence-electron chi connectivity index (χ0n) is 18.5. The first kappa shape index (κ1) is 23.0. The smallest absolute Gasteiger partial charge is 0.267 e. The van der Waals surface area contributed by atoms with Gasteiger partial charge in [0.15, 0.2) is 6.10 Å². The predicted molar refractivity (Wildman–Crippen MR) is 137 cm³/mol. The highest BCUT2D eigenvalue weighted by molar-refractivity contribution is 7.92. The highest BCUT2D eigenvalue weighted by Crippen LogP contribution is 2.37. The number of para-hydroxylation sites is 3. The number of fused-ring (bicyclic) bond motifs is 1. The van der Waals surface area contributed by atoms with Gasteiger partial charge in [-0.2, -0.15) is 0 Å². The second kappa shape index (κ2) is 9.44. The summed E-state index contributed by atoms with van der Waals surface area (Å²) in [5, 5.41) is 3.36. The molecule has 5 rings (SSSR count). The first-order valence-electron chi connectivity index (χ1n) is 10.9. The van der Waals surface area contributed by atoms with Crippen LogP contribution in [0, 0.1) is 0 Å². The van der Waals surface area contributed by atoms with Crippen molar-refractivity contribution in [3.05, 3.63) is 108 Å². The van der Waals surface area contributed by atoms with Crippen LogP contribution < -0.4 is 14.4 Å². The second-order valence-electron chi connectivity index (χ2n) is 7.97. The summed E-state index contributed by atoms with van der Waals surface area (Å²) in [6.07, 6.45) is -1.06. The number of halogens is 1. The molecule has 0 radical (unpaired) electrons. The fourth-order valence-electron chi connectivity index (χ4n) is 3.97. The number of benzene rings is 4. The third-order valence-electron chi connectivity index (χ3n) is 5.70. The van der Waals surface area contributed by atoms with Crippen LogP contribution >= 0.6 is 11.6 Å². The van der Waals surface area contributed by atoms with E-state index in [4.69, 9.17) is 16.3 Å². The summed E-state index contributed by atoms with van der Waals surface area (Å²) in [6, 6.07) is 29.8. The zero-order valence-corrected chi connectivity index (χ0v) is 20.0. The molecule has 0 aromatic heterocycles. The summed E-state index contributed by atoms with van der Waals surface area (Å²) in [7, 11) is -3.97. The van der Waals surface area contributed by atoms with Crippen molar-refractivity contribution in [2.45, 2.75) is 11.0 Å². The second-order valence-corrected chi connectivity index (χ2v) is 10.3. The normalized spacial score (nSPS) is 15.1. The molecule has 4 aromatic rings. The van der Waals surface area contributed by atoms with Gasteiger partial charge in [-0.3, -0.25) is 9.10 Å². The number of hydrogen-bond acceptors (Lipinski definition) is 4. The topological polar surface area (TPSA) is 75.7 Å². The Morgan fingerprint density at radius 3 is 2.29 bits per heavy atom. The summed E-state index contributed by atoms with van der Waals surface area (Å²) in [5.41, 5.74) is 2.78. The van der Waals surface area contributed by atoms with Gasteiger partial charge in [0.1, 0.15) is 5.75 Å². The maximum atomic E-state index is 13.5. The Labute approximate surface area is 208 Å². The molecule has 0 fully saturated rings. The quantitative estimate of drug-likeness (QED) is 0.384. The minimum atomic E-state index is -3.97. The van der Waals surface area contributed by atoms with Gasteiger partial charge in [-0.1, -0.05) is 72.3 Å². The van der Waals surface area contributed by atoms with E-state index in [0.717, 1.165) is 11.1 Å². The van der Waals surface area contributed by atoms with Crippen LogP contribution in [0.1, 0.15) is 0 Å². The molecule has 0 saturated heterocycles. The average Bonchev–Trinajstić information content (AvgIpc) is 2.89. The van der Waals surface area contributed by atoms with Crippen molar-refractivity contribution in [2.24, 2.45) is 0 Å². The fraction of sp³-hybridized carbons (Fsp3) is 0.0741. The van der Waals surface area contributed by atoms with E-state index < -0.39 is 22.0 Å². The molecule has 0 bridgehead atoms. The van der Waals surface area contributed by atoms with Gasteiger partial charge in [-0.15, -0.1) is 0 Å². The largest absolute Gasteiger partial charge is 0.476 e. The Kier molecular flexibility index (Phi) is 6.19. The molecule has 1 atom stereocenters. The van der Waals surface area contributed by atoms with Crippen molar-refractivity contribution in [2.75, 3.05) is 16.2 Å². The number of amides is 1. The molecular formula is C27H21ClN2O4S. The van der Waals surface area contributed by atoms with E-state index >= 15 is 0 Å². The lowest BCUT2D eigenvalue weighted by atomic mass is 10.0. The molecule has 6 nitrogen and oxygen atoms in total. The highest BCUT2D eigenvalue weighted by Gasteiger charge is 2.37. The third kappa shape index (κ3) is 4.60. The standard InChI is InChI=1S/C27H21ClN2O4S/c28-20-14-16-21(17-15-20)35(32,33)30-18-26(34-25-13-7-6-12-24(25)30)27(31)29-23-11-5-4-10-22(23)19-8-2-1-3-9-19/h1-17,26H,18H2,(H,29,31)/t26-/m0/s1. The van der Waals surface area contributed by atoms with E-state index in [0.29, 0.717) is 22.1 Å². The van der Waals surface area contributed by atoms with E-state index in [9.17, 15) is 13.2 Å². The lowest BCUT2D eigenvalue weighted by Gasteiger charge is -2.34. The molecule has 1 N–H and O–H groups in total. The predicted octanol–water partition coefficient (Wildman–Crippen LogP) is 5.60. The first-order chi connectivity index (χ1) is 16.9. The molecule has 1 heterocycles. The Morgan fingerprint density at radius 1 is 0.857 bits per heavy atom. The molecule has 4 aromatic carbocycles. The maximum absolute atomic E-state index is 13.5. The summed E-state index contributed by atoms with van der Waals surface area (Å²) < 4.78 is 34.2. The van der Waals surface area contributed by atoms with E-state index in [2.05, 4.69) is 5.32 Å². The minimum absolute atomic E-state index is 0.0761. The van der Waals surface area contributed by atoms with Gasteiger partial charge in [-0.25, -0.2) is 8.42 Å². The van der Waals surface area contributed by atoms with E-state index in [-0.39, 0.29) is 11.4 Å². The lowest BCUT2D eigenvalue weighted by molar-refractivity contribution is -0.122. The molecule has 0 saturated carbocycles. The molecule has 0 unspecified atom stereocenters. The van der Waals surface area contributed by atoms with Crippen LogP contribution in [0.3, 0.4) is 0 Å². The summed E-state index contributed by atoms with van der Waals surface area (Å²) >= 11 is 5.95. The van der Waals surface area contributed by atoms with Gasteiger partial charge in [0.25, 0.3) is 15.9 Å². The molecule has 1 aliphatic heterocycles. The van der Waals surface area contributed by atoms with Crippen molar-refractivity contribution in [1.29, 1.82) is 0 Å². The molecular weight excluding hydrogens is 484 g/mol. The lowest BCUT2D eigenvalue weighted by Crippen LogP contribution is -2.48. The van der Waals surface area contributed by atoms with Crippen LogP contribution in [0.15, 0.2) is 108 Å². The van der Waals surface area contributed by atoms with Crippen LogP contribution in [0.5, 0.6) is 5.75 Å². The van der Waals surface area contributed by atoms with Gasteiger partial charge >= 0.3 is 0 Å². The number of nitrogens with zero attached hydrogens (tertiary/aromatic N) is 1. The van der Waals surface area contributed by atoms with E-state index in [1.54, 1.807) is 30.3 Å². The number of rotatable bonds is 5. The van der Waals surface area contributed by atoms with Crippen molar-refractivity contribution in [3.8, 4) is 16.9 Å². The highest BCUT2D eigenvalue weighted by atomic mass is 35.5. The number of anilines is 2. The number of nitrogens with one attached hydrogen (secondary N) is 1. The van der Waals surface area contributed by atoms with Crippen LogP contribution in [0.4, 0.5) is 11.4 Å². The van der Waals surface area contributed by atoms with Gasteiger partial charge in [-0.05, 0) is 48.0 Å². The van der Waals surface area contributed by atoms with Gasteiger partial charge < -0.3 is 10.1 Å². The van der Waals surface area contributed by atoms with Crippen LogP contribution in [-0.2, 0) is 14.8 Å². The first-order valence-corrected chi connectivity index (χ1v) is 12.7. The summed E-state index contributed by atoms with van der Waals surface area (Å²) in [5.74, 6) is -0.132. The monoisotopic (exact) mass is 504 g/mol. The average molecular weight is 505 g/mol. The number of hydrogen-bond donors (Lipinski definition) is 1. The number of ether oxygens (including phenoxy) is 1. The number of carbonyl (C=O) groups is 1. The van der Waals surface area contributed by atoms with Crippen LogP contribution in [0.2, 0.25) is 5.02 Å². The van der Waals surface area contributed by atoms with Crippen molar-refractivity contribution >= 4 is 38.9 Å². The SMILES string of the molecule is O=C(Nc1ccccc1-c1ccccc1)[C@@H]1CN(S(=O)(=O)c2ccc(Cl)cc2)c2ccccc2O1. The Bertz CT molecular complexity index is 1470. The molecule has 8 heteroatoms. The Morgan fingerprint density at radius 2 is 1.51 bits per heavy atom.